The molecular formula is C53H82O6. The molecule has 0 saturated heterocycles. The molecule has 0 aliphatic rings. The molecule has 0 aromatic heterocycles. The van der Waals surface area contributed by atoms with Gasteiger partial charge in [-0.3, -0.25) is 14.4 Å². The molecule has 0 saturated carbocycles. The van der Waals surface area contributed by atoms with Gasteiger partial charge in [0.15, 0.2) is 6.10 Å². The van der Waals surface area contributed by atoms with Crippen molar-refractivity contribution in [1.29, 1.82) is 0 Å². The minimum absolute atomic E-state index is 0.122. The van der Waals surface area contributed by atoms with Gasteiger partial charge >= 0.3 is 17.9 Å². The Labute approximate surface area is 361 Å². The second kappa shape index (κ2) is 46.5. The SMILES string of the molecule is CC/C=C\C/C=C\C/C=C\C/C=C\C/C=C\CCCC(=O)OCC(COC(=O)CCCCCCCCC)OC(=O)CCC/C=C\C/C=C\C/C=C\C/C=C\C/C=C\CC. The number of carbonyl (C=O) groups excluding carboxylic acids is 3. The van der Waals surface area contributed by atoms with Crippen LogP contribution in [0.3, 0.4) is 0 Å². The van der Waals surface area contributed by atoms with Crippen LogP contribution in [0.1, 0.15) is 175 Å². The second-order valence-corrected chi connectivity index (χ2v) is 14.5. The van der Waals surface area contributed by atoms with Gasteiger partial charge in [-0.05, 0) is 96.3 Å². The summed E-state index contributed by atoms with van der Waals surface area (Å²) in [7, 11) is 0. The van der Waals surface area contributed by atoms with Gasteiger partial charge in [0.25, 0.3) is 0 Å². The summed E-state index contributed by atoms with van der Waals surface area (Å²) in [6, 6.07) is 0. The van der Waals surface area contributed by atoms with Gasteiger partial charge in [-0.2, -0.15) is 0 Å². The average molecular weight is 815 g/mol. The van der Waals surface area contributed by atoms with Crippen LogP contribution in [0.5, 0.6) is 0 Å². The maximum absolute atomic E-state index is 12.7. The first kappa shape index (κ1) is 54.8. The number of rotatable bonds is 39. The van der Waals surface area contributed by atoms with Crippen LogP contribution in [0, 0.1) is 0 Å². The Morgan fingerprint density at radius 3 is 1.03 bits per heavy atom. The number of esters is 3. The van der Waals surface area contributed by atoms with Crippen LogP contribution in [-0.2, 0) is 28.6 Å². The van der Waals surface area contributed by atoms with E-state index in [4.69, 9.17) is 14.2 Å². The summed E-state index contributed by atoms with van der Waals surface area (Å²) in [6.45, 7) is 6.23. The van der Waals surface area contributed by atoms with Crippen LogP contribution in [-0.4, -0.2) is 37.2 Å². The van der Waals surface area contributed by atoms with Crippen LogP contribution in [0.4, 0.5) is 0 Å². The number of unbranched alkanes of at least 4 members (excludes halogenated alkanes) is 8. The first-order chi connectivity index (χ1) is 29.0. The van der Waals surface area contributed by atoms with Crippen LogP contribution in [0.2, 0.25) is 0 Å². The highest BCUT2D eigenvalue weighted by atomic mass is 16.6. The predicted octanol–water partition coefficient (Wildman–Crippen LogP) is 15.0. The molecule has 330 valence electrons. The Morgan fingerprint density at radius 2 is 0.661 bits per heavy atom. The van der Waals surface area contributed by atoms with E-state index in [1.807, 2.05) is 0 Å². The lowest BCUT2D eigenvalue weighted by molar-refractivity contribution is -0.167. The quantitative estimate of drug-likeness (QED) is 0.0266. The smallest absolute Gasteiger partial charge is 0.306 e. The van der Waals surface area contributed by atoms with Gasteiger partial charge in [0.05, 0.1) is 0 Å². The summed E-state index contributed by atoms with van der Waals surface area (Å²) in [4.78, 5) is 37.6. The van der Waals surface area contributed by atoms with E-state index in [-0.39, 0.29) is 44.0 Å². The monoisotopic (exact) mass is 815 g/mol. The van der Waals surface area contributed by atoms with E-state index in [0.717, 1.165) is 96.3 Å². The van der Waals surface area contributed by atoms with Crippen LogP contribution < -0.4 is 0 Å². The highest BCUT2D eigenvalue weighted by molar-refractivity contribution is 5.71. The minimum Gasteiger partial charge on any atom is -0.462 e. The Bertz CT molecular complexity index is 1300. The molecule has 0 heterocycles. The van der Waals surface area contributed by atoms with Crippen molar-refractivity contribution in [2.24, 2.45) is 0 Å². The summed E-state index contributed by atoms with van der Waals surface area (Å²) < 4.78 is 16.6. The first-order valence-corrected chi connectivity index (χ1v) is 23.0. The van der Waals surface area contributed by atoms with E-state index in [9.17, 15) is 14.4 Å². The molecule has 59 heavy (non-hydrogen) atoms. The van der Waals surface area contributed by atoms with E-state index < -0.39 is 6.10 Å². The summed E-state index contributed by atoms with van der Waals surface area (Å²) in [5, 5.41) is 0. The van der Waals surface area contributed by atoms with Gasteiger partial charge in [-0.25, -0.2) is 0 Å². The zero-order valence-electron chi connectivity index (χ0n) is 37.5. The van der Waals surface area contributed by atoms with Crippen molar-refractivity contribution in [1.82, 2.24) is 0 Å². The van der Waals surface area contributed by atoms with Crippen LogP contribution >= 0.6 is 0 Å². The number of allylic oxidation sites excluding steroid dienone is 20. The zero-order chi connectivity index (χ0) is 43.0. The zero-order valence-corrected chi connectivity index (χ0v) is 37.5. The number of ether oxygens (including phenoxy) is 3. The first-order valence-electron chi connectivity index (χ1n) is 23.0. The molecule has 1 atom stereocenters. The molecule has 6 heteroatoms. The van der Waals surface area contributed by atoms with Crippen LogP contribution in [0.15, 0.2) is 122 Å². The van der Waals surface area contributed by atoms with E-state index in [0.29, 0.717) is 19.3 Å². The Kier molecular flexibility index (Phi) is 43.2. The van der Waals surface area contributed by atoms with Crippen molar-refractivity contribution in [3.05, 3.63) is 122 Å². The minimum atomic E-state index is -0.830. The molecular weight excluding hydrogens is 733 g/mol. The normalized spacial score (nSPS) is 13.2. The maximum Gasteiger partial charge on any atom is 0.306 e. The standard InChI is InChI=1S/C53H82O6/c1-4-7-10-13-16-18-20-22-24-26-28-30-32-34-37-40-43-46-52(55)58-49-50(48-57-51(54)45-42-39-36-15-12-9-6-3)59-53(56)47-44-41-38-35-33-31-29-27-25-23-21-19-17-14-11-8-5-2/h7-8,10-11,16-19,22-25,28-31,34-35,37-38,50H,4-6,9,12-15,20-21,26-27,32-33,36,39-49H2,1-3H3/b10-7-,11-8-,18-16-,19-17-,24-22-,25-23-,30-28-,31-29-,37-34-,38-35-. The van der Waals surface area contributed by atoms with E-state index in [1.165, 1.54) is 25.7 Å². The van der Waals surface area contributed by atoms with Crippen molar-refractivity contribution in [3.8, 4) is 0 Å². The summed E-state index contributed by atoms with van der Waals surface area (Å²) in [5.41, 5.74) is 0. The molecule has 1 unspecified atom stereocenters. The Hall–Kier alpha value is -4.19. The molecule has 0 fully saturated rings. The highest BCUT2D eigenvalue weighted by Crippen LogP contribution is 2.11. The molecule has 0 spiro atoms. The third-order valence-electron chi connectivity index (χ3n) is 8.96. The largest absolute Gasteiger partial charge is 0.462 e. The fraction of sp³-hybridized carbons (Fsp3) is 0.566. The van der Waals surface area contributed by atoms with Crippen molar-refractivity contribution in [3.63, 3.8) is 0 Å². The summed E-state index contributed by atoms with van der Waals surface area (Å²) in [6.07, 6.45) is 63.5. The molecule has 6 nitrogen and oxygen atoms in total. The van der Waals surface area contributed by atoms with E-state index >= 15 is 0 Å². The third-order valence-corrected chi connectivity index (χ3v) is 8.96. The molecule has 0 rings (SSSR count). The summed E-state index contributed by atoms with van der Waals surface area (Å²) in [5.74, 6) is -1.06. The lowest BCUT2D eigenvalue weighted by Gasteiger charge is -2.18. The van der Waals surface area contributed by atoms with Gasteiger partial charge in [0, 0.05) is 19.3 Å². The topological polar surface area (TPSA) is 78.9 Å². The lowest BCUT2D eigenvalue weighted by atomic mass is 10.1. The number of carbonyl (C=O) groups is 3. The lowest BCUT2D eigenvalue weighted by Crippen LogP contribution is -2.30. The van der Waals surface area contributed by atoms with Gasteiger partial charge < -0.3 is 14.2 Å². The van der Waals surface area contributed by atoms with Crippen molar-refractivity contribution in [2.45, 2.75) is 181 Å². The maximum atomic E-state index is 12.7. The fourth-order valence-corrected chi connectivity index (χ4v) is 5.57. The van der Waals surface area contributed by atoms with Gasteiger partial charge in [0.2, 0.25) is 0 Å². The van der Waals surface area contributed by atoms with Crippen LogP contribution in [0.25, 0.3) is 0 Å². The predicted molar refractivity (Wildman–Crippen MR) is 251 cm³/mol. The number of hydrogen-bond acceptors (Lipinski definition) is 6. The molecule has 0 N–H and O–H groups in total. The molecule has 0 amide bonds. The van der Waals surface area contributed by atoms with E-state index in [1.54, 1.807) is 0 Å². The number of hydrogen-bond donors (Lipinski definition) is 0. The van der Waals surface area contributed by atoms with E-state index in [2.05, 4.69) is 142 Å². The fourth-order valence-electron chi connectivity index (χ4n) is 5.57. The second-order valence-electron chi connectivity index (χ2n) is 14.5. The average Bonchev–Trinajstić information content (AvgIpc) is 3.23. The van der Waals surface area contributed by atoms with Gasteiger partial charge in [0.1, 0.15) is 13.2 Å². The molecule has 0 bridgehead atoms. The molecule has 0 radical (unpaired) electrons. The third kappa shape index (κ3) is 44.8. The molecule has 0 aliphatic carbocycles. The highest BCUT2D eigenvalue weighted by Gasteiger charge is 2.19. The van der Waals surface area contributed by atoms with Crippen molar-refractivity contribution in [2.75, 3.05) is 13.2 Å². The molecule has 0 aromatic carbocycles. The van der Waals surface area contributed by atoms with Gasteiger partial charge in [-0.15, -0.1) is 0 Å². The Morgan fingerprint density at radius 1 is 0.356 bits per heavy atom. The molecule has 0 aliphatic heterocycles. The summed E-state index contributed by atoms with van der Waals surface area (Å²) >= 11 is 0. The van der Waals surface area contributed by atoms with Gasteiger partial charge in [-0.1, -0.05) is 181 Å². The van der Waals surface area contributed by atoms with Crippen molar-refractivity contribution < 1.29 is 28.6 Å². The van der Waals surface area contributed by atoms with Crippen molar-refractivity contribution >= 4 is 17.9 Å². The molecule has 0 aromatic rings. The Balaban J connectivity index is 4.53.